The van der Waals surface area contributed by atoms with Gasteiger partial charge in [0.2, 0.25) is 0 Å². The normalized spacial score (nSPS) is 8.45. The summed E-state index contributed by atoms with van der Waals surface area (Å²) in [6.07, 6.45) is 1.34. The van der Waals surface area contributed by atoms with Gasteiger partial charge in [0.1, 0.15) is 0 Å². The summed E-state index contributed by atoms with van der Waals surface area (Å²) in [6, 6.07) is 3.20. The Kier molecular flexibility index (Phi) is 5.12. The standard InChI is InChI=1S/C7H7NO2.K.H/c1-5-2-3-6(4-8-5)7(9)10;;/h2-4H,1H3,(H,9,10);;/q;+1;-1. The zero-order valence-electron chi connectivity index (χ0n) is 7.53. The Labute approximate surface area is 109 Å². The summed E-state index contributed by atoms with van der Waals surface area (Å²) >= 11 is 0. The van der Waals surface area contributed by atoms with Crippen LogP contribution in [0.25, 0.3) is 0 Å². The van der Waals surface area contributed by atoms with E-state index in [1.54, 1.807) is 6.07 Å². The van der Waals surface area contributed by atoms with Gasteiger partial charge in [0.05, 0.1) is 5.56 Å². The molecule has 0 aromatic carbocycles. The van der Waals surface area contributed by atoms with Crippen LogP contribution in [0.1, 0.15) is 17.5 Å². The van der Waals surface area contributed by atoms with Crippen LogP contribution >= 0.6 is 0 Å². The van der Waals surface area contributed by atoms with E-state index < -0.39 is 5.97 Å². The van der Waals surface area contributed by atoms with Crippen molar-refractivity contribution in [1.29, 1.82) is 0 Å². The van der Waals surface area contributed by atoms with E-state index >= 15 is 0 Å². The molecule has 0 bridgehead atoms. The van der Waals surface area contributed by atoms with E-state index in [0.29, 0.717) is 0 Å². The third-order valence-electron chi connectivity index (χ3n) is 1.16. The average molecular weight is 177 g/mol. The molecule has 11 heavy (non-hydrogen) atoms. The number of carboxylic acid groups (broad SMARTS) is 1. The minimum absolute atomic E-state index is 0. The van der Waals surface area contributed by atoms with Gasteiger partial charge >= 0.3 is 57.4 Å². The number of hydrogen-bond acceptors (Lipinski definition) is 2. The molecule has 1 aromatic heterocycles. The van der Waals surface area contributed by atoms with Crippen LogP contribution in [0.5, 0.6) is 0 Å². The number of nitrogens with zero attached hydrogens (tertiary/aromatic N) is 1. The fourth-order valence-electron chi connectivity index (χ4n) is 0.594. The van der Waals surface area contributed by atoms with Gasteiger partial charge in [-0.25, -0.2) is 4.79 Å². The second kappa shape index (κ2) is 5.00. The molecule has 0 aliphatic rings. The summed E-state index contributed by atoms with van der Waals surface area (Å²) < 4.78 is 0. The third kappa shape index (κ3) is 3.44. The molecular formula is C7H8KNO2. The van der Waals surface area contributed by atoms with Gasteiger partial charge in [0.15, 0.2) is 0 Å². The Balaban J connectivity index is 0. The first-order valence-corrected chi connectivity index (χ1v) is 2.86. The predicted octanol–water partition coefficient (Wildman–Crippen LogP) is -1.80. The van der Waals surface area contributed by atoms with Gasteiger partial charge in [0.25, 0.3) is 0 Å². The first kappa shape index (κ1) is 11.3. The molecule has 0 radical (unpaired) electrons. The Morgan fingerprint density at radius 3 is 2.64 bits per heavy atom. The van der Waals surface area contributed by atoms with Crippen LogP contribution in [0.15, 0.2) is 18.3 Å². The van der Waals surface area contributed by atoms with Gasteiger partial charge in [-0.15, -0.1) is 0 Å². The van der Waals surface area contributed by atoms with E-state index in [2.05, 4.69) is 4.98 Å². The topological polar surface area (TPSA) is 50.2 Å². The smallest absolute Gasteiger partial charge is 1.00 e. The maximum Gasteiger partial charge on any atom is 1.00 e. The van der Waals surface area contributed by atoms with Crippen molar-refractivity contribution in [1.82, 2.24) is 4.98 Å². The summed E-state index contributed by atoms with van der Waals surface area (Å²) in [5, 5.41) is 8.44. The molecule has 4 heteroatoms. The second-order valence-corrected chi connectivity index (χ2v) is 1.99. The van der Waals surface area contributed by atoms with Crippen molar-refractivity contribution >= 4 is 5.97 Å². The Morgan fingerprint density at radius 2 is 2.27 bits per heavy atom. The number of aromatic nitrogens is 1. The Morgan fingerprint density at radius 1 is 1.64 bits per heavy atom. The van der Waals surface area contributed by atoms with Gasteiger partial charge < -0.3 is 6.53 Å². The number of carbonyl (C=O) groups is 1. The molecule has 0 aliphatic heterocycles. The van der Waals surface area contributed by atoms with Crippen molar-refractivity contribution < 1.29 is 62.7 Å². The van der Waals surface area contributed by atoms with E-state index in [1.165, 1.54) is 12.3 Å². The molecule has 0 amide bonds. The molecule has 54 valence electrons. The largest absolute Gasteiger partial charge is 1.00 e. The van der Waals surface area contributed by atoms with Crippen LogP contribution in [0.4, 0.5) is 0 Å². The molecule has 3 nitrogen and oxygen atoms in total. The van der Waals surface area contributed by atoms with Gasteiger partial charge in [-0.2, -0.15) is 0 Å². The van der Waals surface area contributed by atoms with E-state index in [-0.39, 0.29) is 58.4 Å². The molecule has 1 rings (SSSR count). The van der Waals surface area contributed by atoms with Crippen LogP contribution in [0.3, 0.4) is 0 Å². The zero-order chi connectivity index (χ0) is 7.56. The van der Waals surface area contributed by atoms with Crippen molar-refractivity contribution in [2.24, 2.45) is 0 Å². The van der Waals surface area contributed by atoms with Crippen LogP contribution in [-0.4, -0.2) is 16.1 Å². The minimum Gasteiger partial charge on any atom is -1.00 e. The molecule has 0 fully saturated rings. The summed E-state index contributed by atoms with van der Waals surface area (Å²) in [5.41, 5.74) is 1.05. The molecule has 0 saturated carbocycles. The molecule has 1 N–H and O–H groups in total. The van der Waals surface area contributed by atoms with Gasteiger partial charge in [-0.3, -0.25) is 4.98 Å². The van der Waals surface area contributed by atoms with Crippen molar-refractivity contribution in [3.63, 3.8) is 0 Å². The monoisotopic (exact) mass is 177 g/mol. The van der Waals surface area contributed by atoms with Crippen LogP contribution in [0.2, 0.25) is 0 Å². The first-order valence-electron chi connectivity index (χ1n) is 2.86. The van der Waals surface area contributed by atoms with Gasteiger partial charge in [0, 0.05) is 11.9 Å². The number of hydrogen-bond donors (Lipinski definition) is 1. The number of pyridine rings is 1. The van der Waals surface area contributed by atoms with Crippen molar-refractivity contribution in [3.8, 4) is 0 Å². The van der Waals surface area contributed by atoms with E-state index in [4.69, 9.17) is 5.11 Å². The van der Waals surface area contributed by atoms with E-state index in [1.807, 2.05) is 6.92 Å². The molecule has 0 saturated heterocycles. The fraction of sp³-hybridized carbons (Fsp3) is 0.143. The van der Waals surface area contributed by atoms with Crippen molar-refractivity contribution in [3.05, 3.63) is 29.6 Å². The number of aromatic carboxylic acids is 1. The average Bonchev–Trinajstić information content (AvgIpc) is 1.88. The minimum atomic E-state index is -0.937. The maximum atomic E-state index is 10.3. The predicted molar refractivity (Wildman–Crippen MR) is 37.0 cm³/mol. The Hall–Kier alpha value is 0.256. The van der Waals surface area contributed by atoms with Gasteiger partial charge in [-0.05, 0) is 19.1 Å². The molecule has 0 spiro atoms. The van der Waals surface area contributed by atoms with Crippen LogP contribution < -0.4 is 51.4 Å². The third-order valence-corrected chi connectivity index (χ3v) is 1.16. The zero-order valence-corrected chi connectivity index (χ0v) is 9.66. The fourth-order valence-corrected chi connectivity index (χ4v) is 0.594. The molecule has 1 aromatic rings. The number of aryl methyl sites for hydroxylation is 1. The molecule has 1 heterocycles. The summed E-state index contributed by atoms with van der Waals surface area (Å²) in [7, 11) is 0. The second-order valence-electron chi connectivity index (χ2n) is 1.99. The summed E-state index contributed by atoms with van der Waals surface area (Å²) in [6.45, 7) is 1.81. The summed E-state index contributed by atoms with van der Waals surface area (Å²) in [5.74, 6) is -0.937. The van der Waals surface area contributed by atoms with Crippen molar-refractivity contribution in [2.45, 2.75) is 6.92 Å². The molecular weight excluding hydrogens is 169 g/mol. The SMILES string of the molecule is Cc1ccc(C(=O)O)cn1.[H-].[K+]. The van der Waals surface area contributed by atoms with Gasteiger partial charge in [-0.1, -0.05) is 0 Å². The summed E-state index contributed by atoms with van der Waals surface area (Å²) in [4.78, 5) is 14.1. The number of rotatable bonds is 1. The molecule has 0 aliphatic carbocycles. The molecule has 0 atom stereocenters. The molecule has 0 unspecified atom stereocenters. The Bertz CT molecular complexity index is 250. The van der Waals surface area contributed by atoms with E-state index in [0.717, 1.165) is 5.69 Å². The van der Waals surface area contributed by atoms with E-state index in [9.17, 15) is 4.79 Å². The van der Waals surface area contributed by atoms with Crippen LogP contribution in [-0.2, 0) is 0 Å². The van der Waals surface area contributed by atoms with Crippen molar-refractivity contribution in [2.75, 3.05) is 0 Å². The first-order chi connectivity index (χ1) is 4.70. The quantitative estimate of drug-likeness (QED) is 0.515. The maximum absolute atomic E-state index is 10.3. The van der Waals surface area contributed by atoms with Crippen LogP contribution in [0, 0.1) is 6.92 Å². The number of carboxylic acids is 1.